The Bertz CT molecular complexity index is 272. The Hall–Kier alpha value is -0.0400. The van der Waals surface area contributed by atoms with Crippen LogP contribution in [0.4, 0.5) is 0 Å². The van der Waals surface area contributed by atoms with Crippen LogP contribution in [0.3, 0.4) is 0 Å². The smallest absolute Gasteiger partial charge is 0.0575 e. The fourth-order valence-corrected chi connectivity index (χ4v) is 4.93. The molecule has 0 amide bonds. The fourth-order valence-electron chi connectivity index (χ4n) is 4.93. The highest BCUT2D eigenvalue weighted by molar-refractivity contribution is 4.82. The van der Waals surface area contributed by atoms with Crippen LogP contribution in [0.5, 0.6) is 0 Å². The van der Waals surface area contributed by atoms with Crippen molar-refractivity contribution in [1.29, 1.82) is 0 Å². The molecule has 2 fully saturated rings. The first kappa shape index (κ1) is 19.3. The summed E-state index contributed by atoms with van der Waals surface area (Å²) in [5.41, 5.74) is 0. The molecule has 0 bridgehead atoms. The number of hydrogen-bond acceptors (Lipinski definition) is 1. The molecule has 0 radical (unpaired) electrons. The van der Waals surface area contributed by atoms with Crippen LogP contribution in [-0.4, -0.2) is 12.7 Å². The highest BCUT2D eigenvalue weighted by atomic mass is 16.5. The summed E-state index contributed by atoms with van der Waals surface area (Å²) in [6.07, 6.45) is 21.9. The van der Waals surface area contributed by atoms with E-state index in [2.05, 4.69) is 13.8 Å². The summed E-state index contributed by atoms with van der Waals surface area (Å²) in [6, 6.07) is 0. The van der Waals surface area contributed by atoms with Crippen LogP contribution in [-0.2, 0) is 4.74 Å². The van der Waals surface area contributed by atoms with Crippen molar-refractivity contribution in [2.24, 2.45) is 17.8 Å². The molecule has 2 aliphatic carbocycles. The summed E-state index contributed by atoms with van der Waals surface area (Å²) in [4.78, 5) is 0. The molecule has 0 heterocycles. The summed E-state index contributed by atoms with van der Waals surface area (Å²) < 4.78 is 6.16. The van der Waals surface area contributed by atoms with Crippen molar-refractivity contribution < 1.29 is 4.74 Å². The molecule has 0 atom stereocenters. The number of rotatable bonds is 10. The summed E-state index contributed by atoms with van der Waals surface area (Å²) in [5.74, 6) is 3.13. The van der Waals surface area contributed by atoms with Gasteiger partial charge in [0.15, 0.2) is 0 Å². The Kier molecular flexibility index (Phi) is 9.65. The van der Waals surface area contributed by atoms with Gasteiger partial charge in [-0.3, -0.25) is 0 Å². The first-order valence-corrected chi connectivity index (χ1v) is 10.9. The van der Waals surface area contributed by atoms with Crippen LogP contribution in [0.15, 0.2) is 0 Å². The van der Waals surface area contributed by atoms with E-state index in [-0.39, 0.29) is 0 Å². The SMILES string of the molecule is CCCCCCCCOC1CCC(C2CCC(CC)CC2)CC1. The van der Waals surface area contributed by atoms with Gasteiger partial charge in [0, 0.05) is 6.61 Å². The van der Waals surface area contributed by atoms with Crippen molar-refractivity contribution in [3.63, 3.8) is 0 Å². The lowest BCUT2D eigenvalue weighted by atomic mass is 9.70. The zero-order valence-electron chi connectivity index (χ0n) is 16.0. The molecule has 0 spiro atoms. The maximum absolute atomic E-state index is 6.16. The second kappa shape index (κ2) is 11.5. The lowest BCUT2D eigenvalue weighted by molar-refractivity contribution is 0.00536. The quantitative estimate of drug-likeness (QED) is 0.388. The largest absolute Gasteiger partial charge is 0.378 e. The van der Waals surface area contributed by atoms with E-state index in [4.69, 9.17) is 4.74 Å². The molecule has 2 aliphatic rings. The van der Waals surface area contributed by atoms with Gasteiger partial charge in [-0.05, 0) is 62.7 Å². The molecule has 0 aromatic carbocycles. The van der Waals surface area contributed by atoms with Gasteiger partial charge in [0.25, 0.3) is 0 Å². The fraction of sp³-hybridized carbons (Fsp3) is 1.00. The van der Waals surface area contributed by atoms with Gasteiger partial charge >= 0.3 is 0 Å². The van der Waals surface area contributed by atoms with Gasteiger partial charge in [-0.25, -0.2) is 0 Å². The molecule has 2 saturated carbocycles. The lowest BCUT2D eigenvalue weighted by Gasteiger charge is -2.37. The summed E-state index contributed by atoms with van der Waals surface area (Å²) in [5, 5.41) is 0. The molecule has 0 aliphatic heterocycles. The third-order valence-electron chi connectivity index (χ3n) is 6.71. The first-order chi connectivity index (χ1) is 11.3. The van der Waals surface area contributed by atoms with Gasteiger partial charge in [0.2, 0.25) is 0 Å². The van der Waals surface area contributed by atoms with E-state index in [0.717, 1.165) is 24.4 Å². The minimum Gasteiger partial charge on any atom is -0.378 e. The van der Waals surface area contributed by atoms with Gasteiger partial charge in [0.1, 0.15) is 0 Å². The highest BCUT2D eigenvalue weighted by Gasteiger charge is 2.30. The molecular formula is C22H42O. The van der Waals surface area contributed by atoms with Crippen molar-refractivity contribution >= 4 is 0 Å². The van der Waals surface area contributed by atoms with E-state index < -0.39 is 0 Å². The second-order valence-corrected chi connectivity index (χ2v) is 8.36. The molecule has 0 aromatic heterocycles. The van der Waals surface area contributed by atoms with Crippen molar-refractivity contribution in [3.05, 3.63) is 0 Å². The van der Waals surface area contributed by atoms with E-state index >= 15 is 0 Å². The highest BCUT2D eigenvalue weighted by Crippen LogP contribution is 2.41. The first-order valence-electron chi connectivity index (χ1n) is 10.9. The van der Waals surface area contributed by atoms with Crippen LogP contribution in [0.25, 0.3) is 0 Å². The zero-order chi connectivity index (χ0) is 16.3. The van der Waals surface area contributed by atoms with Crippen LogP contribution < -0.4 is 0 Å². The van der Waals surface area contributed by atoms with Crippen LogP contribution in [0.1, 0.15) is 110 Å². The van der Waals surface area contributed by atoms with E-state index in [1.165, 1.54) is 96.3 Å². The third kappa shape index (κ3) is 7.16. The molecule has 1 nitrogen and oxygen atoms in total. The van der Waals surface area contributed by atoms with Crippen LogP contribution in [0.2, 0.25) is 0 Å². The predicted molar refractivity (Wildman–Crippen MR) is 101 cm³/mol. The molecule has 2 rings (SSSR count). The summed E-state index contributed by atoms with van der Waals surface area (Å²) >= 11 is 0. The van der Waals surface area contributed by atoms with E-state index in [1.807, 2.05) is 0 Å². The minimum atomic E-state index is 0.592. The molecule has 1 heteroatoms. The zero-order valence-corrected chi connectivity index (χ0v) is 16.0. The Balaban J connectivity index is 1.49. The second-order valence-electron chi connectivity index (χ2n) is 8.36. The standard InChI is InChI=1S/C22H42O/c1-3-5-6-7-8-9-18-23-22-16-14-21(15-17-22)20-12-10-19(4-2)11-13-20/h19-22H,3-18H2,1-2H3. The number of unbranched alkanes of at least 4 members (excludes halogenated alkanes) is 5. The summed E-state index contributed by atoms with van der Waals surface area (Å²) in [6.45, 7) is 5.68. The number of hydrogen-bond donors (Lipinski definition) is 0. The van der Waals surface area contributed by atoms with E-state index in [1.54, 1.807) is 0 Å². The number of ether oxygens (including phenoxy) is 1. The minimum absolute atomic E-state index is 0.592. The van der Waals surface area contributed by atoms with E-state index in [9.17, 15) is 0 Å². The van der Waals surface area contributed by atoms with Crippen LogP contribution >= 0.6 is 0 Å². The third-order valence-corrected chi connectivity index (χ3v) is 6.71. The molecule has 0 aromatic rings. The average molecular weight is 323 g/mol. The molecule has 136 valence electrons. The molecule has 0 saturated heterocycles. The molecule has 23 heavy (non-hydrogen) atoms. The Morgan fingerprint density at radius 2 is 1.22 bits per heavy atom. The lowest BCUT2D eigenvalue weighted by Crippen LogP contribution is -2.28. The van der Waals surface area contributed by atoms with Crippen molar-refractivity contribution in [1.82, 2.24) is 0 Å². The van der Waals surface area contributed by atoms with Crippen molar-refractivity contribution in [2.75, 3.05) is 6.61 Å². The Morgan fingerprint density at radius 3 is 1.83 bits per heavy atom. The normalized spacial score (nSPS) is 32.1. The van der Waals surface area contributed by atoms with Crippen molar-refractivity contribution in [2.45, 2.75) is 116 Å². The van der Waals surface area contributed by atoms with Crippen molar-refractivity contribution in [3.8, 4) is 0 Å². The predicted octanol–water partition coefficient (Wildman–Crippen LogP) is 7.14. The Morgan fingerprint density at radius 1 is 0.652 bits per heavy atom. The van der Waals surface area contributed by atoms with Gasteiger partial charge in [0.05, 0.1) is 6.10 Å². The molecule has 0 N–H and O–H groups in total. The Labute approximate surface area is 146 Å². The average Bonchev–Trinajstić information content (AvgIpc) is 2.61. The summed E-state index contributed by atoms with van der Waals surface area (Å²) in [7, 11) is 0. The van der Waals surface area contributed by atoms with E-state index in [0.29, 0.717) is 6.10 Å². The van der Waals surface area contributed by atoms with Gasteiger partial charge in [-0.2, -0.15) is 0 Å². The van der Waals surface area contributed by atoms with Gasteiger partial charge in [-0.1, -0.05) is 65.2 Å². The maximum atomic E-state index is 6.16. The molecule has 0 unspecified atom stereocenters. The monoisotopic (exact) mass is 322 g/mol. The maximum Gasteiger partial charge on any atom is 0.0575 e. The molecular weight excluding hydrogens is 280 g/mol. The topological polar surface area (TPSA) is 9.23 Å². The van der Waals surface area contributed by atoms with Crippen LogP contribution in [0, 0.1) is 17.8 Å². The van der Waals surface area contributed by atoms with Gasteiger partial charge < -0.3 is 4.74 Å². The van der Waals surface area contributed by atoms with Gasteiger partial charge in [-0.15, -0.1) is 0 Å².